The highest BCUT2D eigenvalue weighted by molar-refractivity contribution is 6.31. The summed E-state index contributed by atoms with van der Waals surface area (Å²) in [7, 11) is 5.92. The summed E-state index contributed by atoms with van der Waals surface area (Å²) in [4.78, 5) is 20.2. The molecule has 3 fully saturated rings. The molecule has 208 valence electrons. The van der Waals surface area contributed by atoms with E-state index in [-0.39, 0.29) is 16.8 Å². The first-order chi connectivity index (χ1) is 18.6. The number of benzene rings is 1. The fraction of sp³-hybridized carbons (Fsp3) is 0.552. The highest BCUT2D eigenvalue weighted by atomic mass is 35.5. The number of rotatable bonds is 5. The number of anilines is 1. The Labute approximate surface area is 233 Å². The first-order valence-corrected chi connectivity index (χ1v) is 14.2. The summed E-state index contributed by atoms with van der Waals surface area (Å²) in [6.07, 6.45) is 7.04. The van der Waals surface area contributed by atoms with E-state index in [9.17, 15) is 14.3 Å². The number of hydrogen-bond donors (Lipinski definition) is 2. The van der Waals surface area contributed by atoms with Crippen LogP contribution in [0, 0.1) is 17.7 Å². The van der Waals surface area contributed by atoms with Crippen LogP contribution in [0.2, 0.25) is 5.02 Å². The summed E-state index contributed by atoms with van der Waals surface area (Å²) in [5.74, 6) is 0.486. The molecular weight excluding hydrogens is 519 g/mol. The second-order valence-electron chi connectivity index (χ2n) is 12.0. The first kappa shape index (κ1) is 26.5. The standard InChI is InChI=1S/C29H36ClFN6O2/c1-35-8-6-17(7-9-35)24-13-25(37(3)34-24)29(39)14-19-10-18(11-20(19)15-29)26-27(36(2)16-32-26)28(38)33-21-4-5-23(31)22(30)12-21/h4-5,12-13,16-20,39H,6-11,14-15H2,1-3H3,(H,33,38). The van der Waals surface area contributed by atoms with Crippen molar-refractivity contribution in [3.8, 4) is 0 Å². The highest BCUT2D eigenvalue weighted by Gasteiger charge is 2.51. The Bertz CT molecular complexity index is 1380. The highest BCUT2D eigenvalue weighted by Crippen LogP contribution is 2.57. The third kappa shape index (κ3) is 4.89. The number of carbonyl (C=O) groups excluding carboxylic acids is 1. The van der Waals surface area contributed by atoms with Gasteiger partial charge in [0.2, 0.25) is 0 Å². The lowest BCUT2D eigenvalue weighted by Crippen LogP contribution is -2.29. The molecule has 2 aromatic heterocycles. The van der Waals surface area contributed by atoms with Gasteiger partial charge in [0.05, 0.1) is 28.4 Å². The molecule has 2 saturated carbocycles. The monoisotopic (exact) mass is 554 g/mol. The smallest absolute Gasteiger partial charge is 0.274 e. The Hall–Kier alpha value is -2.75. The minimum absolute atomic E-state index is 0.0407. The van der Waals surface area contributed by atoms with Crippen LogP contribution in [0.3, 0.4) is 0 Å². The summed E-state index contributed by atoms with van der Waals surface area (Å²) in [6.45, 7) is 2.16. The molecule has 2 aliphatic carbocycles. The van der Waals surface area contributed by atoms with Crippen molar-refractivity contribution in [1.82, 2.24) is 24.2 Å². The lowest BCUT2D eigenvalue weighted by molar-refractivity contribution is 0.0263. The SMILES string of the molecule is CN1CCC(c2cc(C3(O)CC4CC(c5ncn(C)c5C(=O)Nc5ccc(F)c(Cl)c5)CC4C3)n(C)n2)CC1. The lowest BCUT2D eigenvalue weighted by atomic mass is 9.88. The molecule has 6 rings (SSSR count). The number of fused-ring (bicyclic) bond motifs is 1. The number of piperidine rings is 1. The fourth-order valence-corrected chi connectivity index (χ4v) is 7.49. The van der Waals surface area contributed by atoms with Crippen LogP contribution in [-0.2, 0) is 19.7 Å². The van der Waals surface area contributed by atoms with E-state index in [0.717, 1.165) is 55.9 Å². The normalized spacial score (nSPS) is 27.7. The van der Waals surface area contributed by atoms with Crippen LogP contribution in [0.5, 0.6) is 0 Å². The Morgan fingerprint density at radius 3 is 2.46 bits per heavy atom. The van der Waals surface area contributed by atoms with Crippen LogP contribution in [0.15, 0.2) is 30.6 Å². The molecule has 0 spiro atoms. The molecular formula is C29H36ClFN6O2. The van der Waals surface area contributed by atoms with Crippen LogP contribution in [0.1, 0.15) is 77.9 Å². The van der Waals surface area contributed by atoms with Gasteiger partial charge < -0.3 is 19.9 Å². The van der Waals surface area contributed by atoms with Crippen molar-refractivity contribution in [2.45, 2.75) is 56.0 Å². The third-order valence-corrected chi connectivity index (χ3v) is 9.59. The Morgan fingerprint density at radius 1 is 1.10 bits per heavy atom. The quantitative estimate of drug-likeness (QED) is 0.473. The van der Waals surface area contributed by atoms with Gasteiger partial charge in [-0.15, -0.1) is 0 Å². The molecule has 3 aliphatic rings. The van der Waals surface area contributed by atoms with E-state index in [2.05, 4.69) is 28.3 Å². The molecule has 0 radical (unpaired) electrons. The van der Waals surface area contributed by atoms with Crippen molar-refractivity contribution >= 4 is 23.2 Å². The van der Waals surface area contributed by atoms with E-state index in [4.69, 9.17) is 16.7 Å². The van der Waals surface area contributed by atoms with Gasteiger partial charge >= 0.3 is 0 Å². The molecule has 1 aromatic carbocycles. The number of nitrogens with one attached hydrogen (secondary N) is 1. The molecule has 0 bridgehead atoms. The fourth-order valence-electron chi connectivity index (χ4n) is 7.31. The summed E-state index contributed by atoms with van der Waals surface area (Å²) >= 11 is 5.89. The number of aromatic nitrogens is 4. The molecule has 2 unspecified atom stereocenters. The topological polar surface area (TPSA) is 88.2 Å². The molecule has 1 amide bonds. The van der Waals surface area contributed by atoms with E-state index in [1.807, 2.05) is 18.8 Å². The van der Waals surface area contributed by atoms with Gasteiger partial charge in [-0.25, -0.2) is 9.37 Å². The molecule has 8 nitrogen and oxygen atoms in total. The number of halogens is 2. The zero-order valence-corrected chi connectivity index (χ0v) is 23.5. The maximum atomic E-state index is 13.6. The number of likely N-dealkylation sites (tertiary alicyclic amines) is 1. The minimum atomic E-state index is -0.877. The number of carbonyl (C=O) groups is 1. The number of nitrogens with zero attached hydrogens (tertiary/aromatic N) is 5. The van der Waals surface area contributed by atoms with Gasteiger partial charge in [0.1, 0.15) is 17.1 Å². The maximum absolute atomic E-state index is 13.6. The Balaban J connectivity index is 1.15. The zero-order chi connectivity index (χ0) is 27.5. The Kier molecular flexibility index (Phi) is 6.80. The molecule has 2 N–H and O–H groups in total. The molecule has 10 heteroatoms. The van der Waals surface area contributed by atoms with Crippen LogP contribution in [0.4, 0.5) is 10.1 Å². The number of imidazole rings is 1. The Morgan fingerprint density at radius 2 is 1.79 bits per heavy atom. The largest absolute Gasteiger partial charge is 0.384 e. The van der Waals surface area contributed by atoms with Crippen molar-refractivity contribution in [2.75, 3.05) is 25.5 Å². The molecule has 3 aromatic rings. The van der Waals surface area contributed by atoms with Crippen LogP contribution in [0.25, 0.3) is 0 Å². The third-order valence-electron chi connectivity index (χ3n) is 9.30. The van der Waals surface area contributed by atoms with Crippen molar-refractivity contribution in [3.05, 3.63) is 64.2 Å². The van der Waals surface area contributed by atoms with E-state index in [1.165, 1.54) is 18.2 Å². The van der Waals surface area contributed by atoms with Gasteiger partial charge in [-0.3, -0.25) is 9.48 Å². The number of hydrogen-bond acceptors (Lipinski definition) is 5. The van der Waals surface area contributed by atoms with Crippen molar-refractivity contribution < 1.29 is 14.3 Å². The van der Waals surface area contributed by atoms with E-state index in [0.29, 0.717) is 42.0 Å². The van der Waals surface area contributed by atoms with Gasteiger partial charge in [0.15, 0.2) is 0 Å². The number of aliphatic hydroxyl groups is 1. The summed E-state index contributed by atoms with van der Waals surface area (Å²) in [5.41, 5.74) is 2.88. The second kappa shape index (κ2) is 10.0. The molecule has 1 aliphatic heterocycles. The predicted molar refractivity (Wildman–Crippen MR) is 147 cm³/mol. The molecule has 3 heterocycles. The number of aryl methyl sites for hydroxylation is 2. The minimum Gasteiger partial charge on any atom is -0.384 e. The summed E-state index contributed by atoms with van der Waals surface area (Å²) in [5, 5.41) is 19.5. The van der Waals surface area contributed by atoms with Gasteiger partial charge in [-0.2, -0.15) is 5.10 Å². The number of amides is 1. The average molecular weight is 555 g/mol. The van der Waals surface area contributed by atoms with Gasteiger partial charge in [-0.1, -0.05) is 11.6 Å². The summed E-state index contributed by atoms with van der Waals surface area (Å²) < 4.78 is 17.2. The van der Waals surface area contributed by atoms with E-state index >= 15 is 0 Å². The summed E-state index contributed by atoms with van der Waals surface area (Å²) in [6, 6.07) is 6.28. The van der Waals surface area contributed by atoms with Gasteiger partial charge in [0.25, 0.3) is 5.91 Å². The van der Waals surface area contributed by atoms with E-state index < -0.39 is 11.4 Å². The van der Waals surface area contributed by atoms with Gasteiger partial charge in [0, 0.05) is 31.6 Å². The molecule has 39 heavy (non-hydrogen) atoms. The maximum Gasteiger partial charge on any atom is 0.274 e. The zero-order valence-electron chi connectivity index (χ0n) is 22.7. The van der Waals surface area contributed by atoms with Crippen LogP contribution < -0.4 is 5.32 Å². The van der Waals surface area contributed by atoms with Crippen molar-refractivity contribution in [3.63, 3.8) is 0 Å². The van der Waals surface area contributed by atoms with Crippen LogP contribution >= 0.6 is 11.6 Å². The lowest BCUT2D eigenvalue weighted by Gasteiger charge is -2.27. The molecule has 1 saturated heterocycles. The second-order valence-corrected chi connectivity index (χ2v) is 12.4. The average Bonchev–Trinajstić information content (AvgIpc) is 3.63. The van der Waals surface area contributed by atoms with Crippen LogP contribution in [-0.4, -0.2) is 55.4 Å². The van der Waals surface area contributed by atoms with Crippen molar-refractivity contribution in [1.29, 1.82) is 0 Å². The van der Waals surface area contributed by atoms with Gasteiger partial charge in [-0.05, 0) is 94.8 Å². The molecule has 2 atom stereocenters. The van der Waals surface area contributed by atoms with Crippen molar-refractivity contribution in [2.24, 2.45) is 25.9 Å². The van der Waals surface area contributed by atoms with E-state index in [1.54, 1.807) is 10.9 Å². The first-order valence-electron chi connectivity index (χ1n) is 13.8. The predicted octanol–water partition coefficient (Wildman–Crippen LogP) is 4.80.